The summed E-state index contributed by atoms with van der Waals surface area (Å²) in [6, 6.07) is 13.5. The van der Waals surface area contributed by atoms with Crippen LogP contribution in [0.5, 0.6) is 0 Å². The lowest BCUT2D eigenvalue weighted by Crippen LogP contribution is -2.59. The maximum atomic E-state index is 13.3. The van der Waals surface area contributed by atoms with Gasteiger partial charge in [-0.15, -0.1) is 0 Å². The molecule has 8 nitrogen and oxygen atoms in total. The predicted molar refractivity (Wildman–Crippen MR) is 157 cm³/mol. The molecular formula is C32H35N5O3. The van der Waals surface area contributed by atoms with E-state index in [1.54, 1.807) is 12.3 Å². The van der Waals surface area contributed by atoms with Gasteiger partial charge in [-0.25, -0.2) is 4.79 Å². The molecule has 1 fully saturated rings. The number of carbonyl (C=O) groups excluding carboxylic acids is 3. The number of carbonyl (C=O) groups is 3. The van der Waals surface area contributed by atoms with Crippen molar-refractivity contribution < 1.29 is 14.4 Å². The topological polar surface area (TPSA) is 88.4 Å². The molecule has 0 atom stereocenters. The highest BCUT2D eigenvalue weighted by Crippen LogP contribution is 2.32. The van der Waals surface area contributed by atoms with Crippen molar-refractivity contribution in [2.45, 2.75) is 53.0 Å². The average molecular weight is 538 g/mol. The largest absolute Gasteiger partial charge is 0.339 e. The Morgan fingerprint density at radius 2 is 1.50 bits per heavy atom. The lowest BCUT2D eigenvalue weighted by atomic mass is 10.00. The Kier molecular flexibility index (Phi) is 8.05. The fourth-order valence-electron chi connectivity index (χ4n) is 5.30. The third kappa shape index (κ3) is 5.01. The van der Waals surface area contributed by atoms with Crippen molar-refractivity contribution in [1.82, 2.24) is 24.3 Å². The number of hydrogen-bond donors (Lipinski definition) is 0. The number of imide groups is 2. The van der Waals surface area contributed by atoms with Gasteiger partial charge >= 0.3 is 6.03 Å². The van der Waals surface area contributed by atoms with Crippen molar-refractivity contribution in [2.75, 3.05) is 13.1 Å². The number of barbiturate groups is 1. The second kappa shape index (κ2) is 11.8. The van der Waals surface area contributed by atoms with Crippen molar-refractivity contribution in [2.24, 2.45) is 5.92 Å². The van der Waals surface area contributed by atoms with Gasteiger partial charge in [0.05, 0.1) is 23.1 Å². The molecule has 1 aliphatic heterocycles. The minimum absolute atomic E-state index is 0.323. The molecule has 4 amide bonds. The SMILES string of the molecule is CCCCN1C(=O)C(/C=C/c2ccc3c(c2)c2cc(-c4ccccn4)ncc2n3CC)C(=O)N(CCCC)C1=O. The van der Waals surface area contributed by atoms with E-state index in [0.29, 0.717) is 25.9 Å². The molecular weight excluding hydrogens is 502 g/mol. The molecule has 4 heterocycles. The highest BCUT2D eigenvalue weighted by atomic mass is 16.2. The van der Waals surface area contributed by atoms with Gasteiger partial charge in [0.25, 0.3) is 0 Å². The van der Waals surface area contributed by atoms with E-state index in [2.05, 4.69) is 39.7 Å². The van der Waals surface area contributed by atoms with Crippen molar-refractivity contribution >= 4 is 45.7 Å². The number of fused-ring (bicyclic) bond motifs is 3. The number of hydrogen-bond acceptors (Lipinski definition) is 5. The van der Waals surface area contributed by atoms with E-state index in [0.717, 1.165) is 58.1 Å². The molecule has 1 saturated heterocycles. The van der Waals surface area contributed by atoms with Crippen LogP contribution < -0.4 is 0 Å². The van der Waals surface area contributed by atoms with Gasteiger partial charge in [0.15, 0.2) is 0 Å². The van der Waals surface area contributed by atoms with Gasteiger partial charge < -0.3 is 4.57 Å². The first kappa shape index (κ1) is 27.2. The normalized spacial score (nSPS) is 14.9. The molecule has 206 valence electrons. The molecule has 0 spiro atoms. The smallest absolute Gasteiger partial charge is 0.333 e. The van der Waals surface area contributed by atoms with Gasteiger partial charge in [0.2, 0.25) is 11.8 Å². The molecule has 0 unspecified atom stereocenters. The number of aromatic nitrogens is 3. The summed E-state index contributed by atoms with van der Waals surface area (Å²) in [5, 5.41) is 2.12. The quantitative estimate of drug-likeness (QED) is 0.222. The Bertz CT molecular complexity index is 1560. The monoisotopic (exact) mass is 537 g/mol. The van der Waals surface area contributed by atoms with Crippen LogP contribution >= 0.6 is 0 Å². The minimum Gasteiger partial charge on any atom is -0.339 e. The van der Waals surface area contributed by atoms with E-state index in [1.165, 1.54) is 9.80 Å². The molecule has 4 aromatic rings. The number of nitrogens with zero attached hydrogens (tertiary/aromatic N) is 5. The van der Waals surface area contributed by atoms with E-state index in [4.69, 9.17) is 0 Å². The summed E-state index contributed by atoms with van der Waals surface area (Å²) < 4.78 is 2.23. The third-order valence-electron chi connectivity index (χ3n) is 7.50. The average Bonchev–Trinajstić information content (AvgIpc) is 3.29. The van der Waals surface area contributed by atoms with Crippen LogP contribution in [0.15, 0.2) is 60.9 Å². The summed E-state index contributed by atoms with van der Waals surface area (Å²) in [4.78, 5) is 51.2. The van der Waals surface area contributed by atoms with Crippen LogP contribution in [-0.4, -0.2) is 55.3 Å². The van der Waals surface area contributed by atoms with Gasteiger partial charge in [-0.3, -0.25) is 29.4 Å². The Morgan fingerprint density at radius 1 is 0.800 bits per heavy atom. The van der Waals surface area contributed by atoms with Crippen molar-refractivity contribution in [3.63, 3.8) is 0 Å². The van der Waals surface area contributed by atoms with Gasteiger partial charge in [-0.2, -0.15) is 0 Å². The van der Waals surface area contributed by atoms with Crippen LogP contribution in [0.2, 0.25) is 0 Å². The summed E-state index contributed by atoms with van der Waals surface area (Å²) in [7, 11) is 0. The predicted octanol–water partition coefficient (Wildman–Crippen LogP) is 6.29. The molecule has 0 bridgehead atoms. The zero-order valence-corrected chi connectivity index (χ0v) is 23.3. The maximum Gasteiger partial charge on any atom is 0.333 e. The summed E-state index contributed by atoms with van der Waals surface area (Å²) in [6.07, 6.45) is 10.2. The Labute approximate surface area is 234 Å². The summed E-state index contributed by atoms with van der Waals surface area (Å²) in [5.74, 6) is -1.90. The van der Waals surface area contributed by atoms with E-state index in [-0.39, 0.29) is 0 Å². The lowest BCUT2D eigenvalue weighted by Gasteiger charge is -2.36. The Hall–Kier alpha value is -4.33. The summed E-state index contributed by atoms with van der Waals surface area (Å²) in [6.45, 7) is 7.57. The van der Waals surface area contributed by atoms with Gasteiger partial charge in [0.1, 0.15) is 5.92 Å². The number of unbranched alkanes of at least 4 members (excludes halogenated alkanes) is 2. The van der Waals surface area contributed by atoms with E-state index >= 15 is 0 Å². The number of pyridine rings is 2. The minimum atomic E-state index is -1.01. The third-order valence-corrected chi connectivity index (χ3v) is 7.50. The first-order valence-corrected chi connectivity index (χ1v) is 14.2. The fraction of sp³-hybridized carbons (Fsp3) is 0.344. The standard InChI is InChI=1S/C32H35N5O3/c1-4-7-17-36-30(38)23(31(39)37(32(36)40)18-8-5-2)14-12-22-13-15-28-24(19-22)25-20-27(26-11-9-10-16-33-26)34-21-29(25)35(28)6-3/h9-16,19-21,23H,4-8,17-18H2,1-3H3/b14-12+. The second-order valence-electron chi connectivity index (χ2n) is 10.1. The van der Waals surface area contributed by atoms with Crippen LogP contribution in [0.25, 0.3) is 39.3 Å². The highest BCUT2D eigenvalue weighted by Gasteiger charge is 2.43. The van der Waals surface area contributed by atoms with Crippen LogP contribution in [0.4, 0.5) is 4.79 Å². The molecule has 1 aliphatic rings. The van der Waals surface area contributed by atoms with E-state index < -0.39 is 23.8 Å². The summed E-state index contributed by atoms with van der Waals surface area (Å²) >= 11 is 0. The molecule has 1 aromatic carbocycles. The first-order valence-electron chi connectivity index (χ1n) is 14.2. The number of amides is 4. The van der Waals surface area contributed by atoms with Crippen molar-refractivity contribution in [1.29, 1.82) is 0 Å². The lowest BCUT2D eigenvalue weighted by molar-refractivity contribution is -0.147. The van der Waals surface area contributed by atoms with Crippen LogP contribution in [0.1, 0.15) is 52.0 Å². The van der Waals surface area contributed by atoms with Gasteiger partial charge in [-0.1, -0.05) is 51.0 Å². The summed E-state index contributed by atoms with van der Waals surface area (Å²) in [5.41, 5.74) is 4.60. The number of aryl methyl sites for hydroxylation is 1. The second-order valence-corrected chi connectivity index (χ2v) is 10.1. The van der Waals surface area contributed by atoms with Crippen LogP contribution in [-0.2, 0) is 16.1 Å². The molecule has 40 heavy (non-hydrogen) atoms. The number of benzene rings is 1. The van der Waals surface area contributed by atoms with E-state index in [1.807, 2.05) is 50.4 Å². The molecule has 0 radical (unpaired) electrons. The fourth-order valence-corrected chi connectivity index (χ4v) is 5.30. The highest BCUT2D eigenvalue weighted by molar-refractivity contribution is 6.17. The van der Waals surface area contributed by atoms with Gasteiger partial charge in [0, 0.05) is 42.1 Å². The van der Waals surface area contributed by atoms with Crippen LogP contribution in [0.3, 0.4) is 0 Å². The van der Waals surface area contributed by atoms with Crippen molar-refractivity contribution in [3.05, 3.63) is 66.5 Å². The molecule has 3 aromatic heterocycles. The first-order chi connectivity index (χ1) is 19.5. The molecule has 8 heteroatoms. The number of urea groups is 1. The van der Waals surface area contributed by atoms with Crippen LogP contribution in [0, 0.1) is 5.92 Å². The zero-order chi connectivity index (χ0) is 28.2. The maximum absolute atomic E-state index is 13.3. The zero-order valence-electron chi connectivity index (χ0n) is 23.3. The molecule has 0 aliphatic carbocycles. The molecule has 0 N–H and O–H groups in total. The van der Waals surface area contributed by atoms with E-state index in [9.17, 15) is 14.4 Å². The van der Waals surface area contributed by atoms with Crippen molar-refractivity contribution in [3.8, 4) is 11.4 Å². The van der Waals surface area contributed by atoms with Gasteiger partial charge in [-0.05, 0) is 55.7 Å². The Balaban J connectivity index is 1.52. The molecule has 0 saturated carbocycles. The number of rotatable bonds is 10. The Morgan fingerprint density at radius 3 is 2.12 bits per heavy atom. The molecule has 5 rings (SSSR count).